The molecule has 2 heterocycles. The van der Waals surface area contributed by atoms with Gasteiger partial charge in [-0.3, -0.25) is 9.99 Å². The summed E-state index contributed by atoms with van der Waals surface area (Å²) in [5.74, 6) is 0.760. The van der Waals surface area contributed by atoms with Crippen molar-refractivity contribution in [3.63, 3.8) is 0 Å². The topological polar surface area (TPSA) is 77.3 Å². The minimum absolute atomic E-state index is 0.0759. The number of halogens is 3. The minimum atomic E-state index is -3.69. The number of guanidine groups is 1. The van der Waals surface area contributed by atoms with Crippen molar-refractivity contribution in [1.29, 1.82) is 0 Å². The van der Waals surface area contributed by atoms with Gasteiger partial charge in [0.1, 0.15) is 0 Å². The predicted molar refractivity (Wildman–Crippen MR) is 90.3 cm³/mol. The highest BCUT2D eigenvalue weighted by molar-refractivity contribution is 8.13. The second-order valence-electron chi connectivity index (χ2n) is 4.51. The van der Waals surface area contributed by atoms with Gasteiger partial charge in [0.15, 0.2) is 5.17 Å². The van der Waals surface area contributed by atoms with Crippen LogP contribution in [0.3, 0.4) is 0 Å². The maximum absolute atomic E-state index is 9.30. The molecule has 0 saturated heterocycles. The highest BCUT2D eigenvalue weighted by atomic mass is 35.9. The molecule has 0 bridgehead atoms. The maximum Gasteiger partial charge on any atom is 0.377 e. The Kier molecular flexibility index (Phi) is 5.91. The number of hydrazine groups is 1. The Balaban J connectivity index is 0.000000282. The van der Waals surface area contributed by atoms with Crippen molar-refractivity contribution in [3.8, 4) is 0 Å². The number of amidine groups is 1. The molecule has 0 fully saturated rings. The van der Waals surface area contributed by atoms with Crippen LogP contribution in [0.4, 0.5) is 0 Å². The zero-order valence-electron chi connectivity index (χ0n) is 11.1. The fourth-order valence-corrected chi connectivity index (χ4v) is 2.95. The molecular formula is C10H14Cl3N4O2PS. The molecule has 118 valence electrons. The fraction of sp³-hybridized carbons (Fsp3) is 0.600. The molecule has 1 atom stereocenters. The number of aliphatic imine (C=N–C) groups is 2. The van der Waals surface area contributed by atoms with Crippen LogP contribution in [0.2, 0.25) is 0 Å². The summed E-state index contributed by atoms with van der Waals surface area (Å²) in [4.78, 5) is 16.6. The van der Waals surface area contributed by atoms with Crippen molar-refractivity contribution in [2.24, 2.45) is 9.98 Å². The summed E-state index contributed by atoms with van der Waals surface area (Å²) in [6.45, 7) is 0.866. The zero-order chi connectivity index (χ0) is 15.6. The largest absolute Gasteiger partial charge is 0.377 e. The van der Waals surface area contributed by atoms with E-state index in [0.29, 0.717) is 0 Å². The third kappa shape index (κ3) is 5.05. The molecule has 0 aromatic heterocycles. The van der Waals surface area contributed by atoms with Crippen LogP contribution in [0.5, 0.6) is 0 Å². The van der Waals surface area contributed by atoms with Crippen molar-refractivity contribution in [2.45, 2.75) is 24.6 Å². The molecule has 1 unspecified atom stereocenters. The number of allylic oxidation sites excluding steroid dienone is 1. The summed E-state index contributed by atoms with van der Waals surface area (Å²) in [7, 11) is 0. The molecule has 0 aromatic carbocycles. The lowest BCUT2D eigenvalue weighted by atomic mass is 9.95. The van der Waals surface area contributed by atoms with Gasteiger partial charge in [0.05, 0.1) is 17.6 Å². The molecule has 0 aromatic rings. The average molecular weight is 392 g/mol. The van der Waals surface area contributed by atoms with E-state index in [2.05, 4.69) is 37.9 Å². The first-order valence-corrected chi connectivity index (χ1v) is 11.2. The summed E-state index contributed by atoms with van der Waals surface area (Å²) in [5.41, 5.74) is 5.65. The van der Waals surface area contributed by atoms with E-state index in [1.807, 2.05) is 11.3 Å². The van der Waals surface area contributed by atoms with Crippen LogP contribution >= 0.6 is 51.9 Å². The summed E-state index contributed by atoms with van der Waals surface area (Å²) in [6.07, 6.45) is 1.62. The zero-order valence-corrected chi connectivity index (χ0v) is 15.1. The van der Waals surface area contributed by atoms with Gasteiger partial charge in [0.2, 0.25) is 5.96 Å². The van der Waals surface area contributed by atoms with Gasteiger partial charge in [-0.25, -0.2) is 10.0 Å². The summed E-state index contributed by atoms with van der Waals surface area (Å²) in [5, 5.41) is 2.98. The van der Waals surface area contributed by atoms with Gasteiger partial charge in [-0.2, -0.15) is 4.99 Å². The van der Waals surface area contributed by atoms with Gasteiger partial charge >= 0.3 is 6.07 Å². The first-order valence-electron chi connectivity index (χ1n) is 6.11. The highest BCUT2D eigenvalue weighted by Crippen LogP contribution is 2.51. The molecule has 0 saturated carbocycles. The van der Waals surface area contributed by atoms with Crippen LogP contribution in [-0.4, -0.2) is 39.2 Å². The van der Waals surface area contributed by atoms with Gasteiger partial charge in [-0.05, 0) is 53.6 Å². The standard InChI is InChI=1S/C10H13ClN4S.Cl2HO2P/c1-16-10-13-9-12-8-6(5-15(9)14-10)3-2-4-7(8)11;1-5(2,3)4/h7H,2-5H2,1H3,(H,12,13,14);(H,3,4). The van der Waals surface area contributed by atoms with Gasteiger partial charge < -0.3 is 4.89 Å². The van der Waals surface area contributed by atoms with Crippen LogP contribution in [-0.2, 0) is 4.57 Å². The van der Waals surface area contributed by atoms with Crippen molar-refractivity contribution in [3.05, 3.63) is 11.3 Å². The lowest BCUT2D eigenvalue weighted by Crippen LogP contribution is -2.42. The van der Waals surface area contributed by atoms with Gasteiger partial charge in [0, 0.05) is 0 Å². The first-order chi connectivity index (χ1) is 9.78. The van der Waals surface area contributed by atoms with Gasteiger partial charge in [-0.1, -0.05) is 11.8 Å². The molecule has 6 nitrogen and oxygen atoms in total. The summed E-state index contributed by atoms with van der Waals surface area (Å²) >= 11 is 16.7. The Morgan fingerprint density at radius 2 is 2.14 bits per heavy atom. The normalized spacial score (nSPS) is 24.2. The minimum Gasteiger partial charge on any atom is -0.322 e. The number of nitrogens with one attached hydrogen (secondary N) is 1. The second-order valence-corrected chi connectivity index (χ2v) is 9.97. The summed E-state index contributed by atoms with van der Waals surface area (Å²) in [6, 6.07) is 0. The third-order valence-corrected chi connectivity index (χ3v) is 4.03. The molecule has 0 amide bonds. The van der Waals surface area contributed by atoms with E-state index in [1.54, 1.807) is 11.8 Å². The number of nitrogens with zero attached hydrogens (tertiary/aromatic N) is 3. The molecule has 21 heavy (non-hydrogen) atoms. The van der Waals surface area contributed by atoms with E-state index in [1.165, 1.54) is 12.0 Å². The first kappa shape index (κ1) is 17.4. The molecule has 2 N–H and O–H groups in total. The van der Waals surface area contributed by atoms with Crippen molar-refractivity contribution in [2.75, 3.05) is 12.8 Å². The van der Waals surface area contributed by atoms with E-state index in [0.717, 1.165) is 36.2 Å². The molecule has 2 aliphatic heterocycles. The fourth-order valence-electron chi connectivity index (χ4n) is 2.22. The molecule has 1 aliphatic carbocycles. The van der Waals surface area contributed by atoms with E-state index in [-0.39, 0.29) is 5.38 Å². The van der Waals surface area contributed by atoms with Crippen LogP contribution in [0.25, 0.3) is 0 Å². The molecule has 11 heteroatoms. The molecule has 3 aliphatic rings. The van der Waals surface area contributed by atoms with Gasteiger partial charge in [0.25, 0.3) is 0 Å². The molecule has 3 rings (SSSR count). The van der Waals surface area contributed by atoms with Crippen molar-refractivity contribution < 1.29 is 9.46 Å². The van der Waals surface area contributed by atoms with Crippen LogP contribution < -0.4 is 5.43 Å². The Labute approximate surface area is 141 Å². The number of hydrogen-bond donors (Lipinski definition) is 2. The SMILES string of the molecule is CSC1=NC2=NC3=C(CCCC3Cl)CN2N1.O=P(O)(Cl)Cl. The number of fused-ring (bicyclic) bond motifs is 1. The summed E-state index contributed by atoms with van der Waals surface area (Å²) < 4.78 is 9.30. The third-order valence-electron chi connectivity index (χ3n) is 3.03. The van der Waals surface area contributed by atoms with E-state index in [9.17, 15) is 4.57 Å². The lowest BCUT2D eigenvalue weighted by Gasteiger charge is -2.30. The molecule has 0 spiro atoms. The molecule has 0 radical (unpaired) electrons. The second kappa shape index (κ2) is 7.11. The Hall–Kier alpha value is 0.0900. The maximum atomic E-state index is 9.30. The Bertz CT molecular complexity index is 554. The average Bonchev–Trinajstić information content (AvgIpc) is 2.77. The van der Waals surface area contributed by atoms with E-state index >= 15 is 0 Å². The molecular weight excluding hydrogens is 378 g/mol. The van der Waals surface area contributed by atoms with Crippen molar-refractivity contribution in [1.82, 2.24) is 10.4 Å². The number of alkyl halides is 1. The Morgan fingerprint density at radius 3 is 2.76 bits per heavy atom. The van der Waals surface area contributed by atoms with Crippen LogP contribution in [0, 0.1) is 0 Å². The van der Waals surface area contributed by atoms with Gasteiger partial charge in [-0.15, -0.1) is 11.6 Å². The monoisotopic (exact) mass is 390 g/mol. The van der Waals surface area contributed by atoms with Crippen LogP contribution in [0.15, 0.2) is 21.3 Å². The van der Waals surface area contributed by atoms with E-state index < -0.39 is 6.07 Å². The van der Waals surface area contributed by atoms with Crippen LogP contribution in [0.1, 0.15) is 19.3 Å². The quantitative estimate of drug-likeness (QED) is 0.488. The number of rotatable bonds is 0. The number of hydrogen-bond acceptors (Lipinski definition) is 6. The predicted octanol–water partition coefficient (Wildman–Crippen LogP) is 3.51. The highest BCUT2D eigenvalue weighted by Gasteiger charge is 2.31. The van der Waals surface area contributed by atoms with Crippen molar-refractivity contribution >= 4 is 63.0 Å². The Morgan fingerprint density at radius 1 is 1.48 bits per heavy atom. The lowest BCUT2D eigenvalue weighted by molar-refractivity contribution is 0.398. The van der Waals surface area contributed by atoms with E-state index in [4.69, 9.17) is 16.5 Å². The smallest absolute Gasteiger partial charge is 0.322 e. The number of thioether (sulfide) groups is 1.